The van der Waals surface area contributed by atoms with E-state index < -0.39 is 0 Å². The summed E-state index contributed by atoms with van der Waals surface area (Å²) in [5, 5.41) is 18.3. The molecule has 0 spiro atoms. The molecule has 2 aromatic carbocycles. The van der Waals surface area contributed by atoms with Crippen LogP contribution in [0.4, 0.5) is 5.82 Å². The van der Waals surface area contributed by atoms with Gasteiger partial charge in [0.1, 0.15) is 5.82 Å². The zero-order valence-electron chi connectivity index (χ0n) is 16.2. The number of amides is 1. The normalized spacial score (nSPS) is 15.6. The molecule has 1 aliphatic heterocycles. The third-order valence-electron chi connectivity index (χ3n) is 5.19. The minimum atomic E-state index is -0.268. The summed E-state index contributed by atoms with van der Waals surface area (Å²) >= 11 is 6.27. The van der Waals surface area contributed by atoms with Crippen LogP contribution in [0, 0.1) is 6.92 Å². The van der Waals surface area contributed by atoms with Crippen molar-refractivity contribution in [1.29, 1.82) is 0 Å². The molecule has 0 fully saturated rings. The van der Waals surface area contributed by atoms with Crippen molar-refractivity contribution in [2.75, 3.05) is 19.5 Å². The fraction of sp³-hybridized carbons (Fsp3) is 0.238. The molecule has 1 aliphatic rings. The van der Waals surface area contributed by atoms with Gasteiger partial charge in [-0.25, -0.2) is 4.68 Å². The molecule has 2 heterocycles. The number of carbonyl (C=O) groups is 1. The van der Waals surface area contributed by atoms with Crippen molar-refractivity contribution in [3.8, 4) is 22.9 Å². The molecule has 0 bridgehead atoms. The number of rotatable bonds is 4. The van der Waals surface area contributed by atoms with E-state index in [0.29, 0.717) is 10.8 Å². The van der Waals surface area contributed by atoms with E-state index in [0.717, 1.165) is 22.4 Å². The van der Waals surface area contributed by atoms with E-state index in [9.17, 15) is 9.90 Å². The van der Waals surface area contributed by atoms with Crippen LogP contribution >= 0.6 is 11.6 Å². The quantitative estimate of drug-likeness (QED) is 0.674. The number of aromatic hydroxyl groups is 1. The van der Waals surface area contributed by atoms with Gasteiger partial charge in [0.15, 0.2) is 11.5 Å². The highest BCUT2D eigenvalue weighted by Gasteiger charge is 2.32. The van der Waals surface area contributed by atoms with E-state index in [4.69, 9.17) is 21.1 Å². The molecular weight excluding hydrogens is 394 g/mol. The van der Waals surface area contributed by atoms with Crippen LogP contribution in [0.1, 0.15) is 29.0 Å². The number of hydrogen-bond acceptors (Lipinski definition) is 5. The molecule has 0 unspecified atom stereocenters. The highest BCUT2D eigenvalue weighted by molar-refractivity contribution is 6.31. The van der Waals surface area contributed by atoms with Gasteiger partial charge >= 0.3 is 0 Å². The van der Waals surface area contributed by atoms with Gasteiger partial charge in [0.25, 0.3) is 0 Å². The number of benzene rings is 2. The van der Waals surface area contributed by atoms with Crippen molar-refractivity contribution >= 4 is 23.3 Å². The maximum Gasteiger partial charge on any atom is 0.226 e. The molecule has 2 N–H and O–H groups in total. The number of phenols is 1. The number of anilines is 1. The van der Waals surface area contributed by atoms with Crippen LogP contribution in [-0.4, -0.2) is 35.0 Å². The number of aromatic nitrogens is 2. The molecule has 1 aromatic heterocycles. The fourth-order valence-electron chi connectivity index (χ4n) is 3.64. The topological polar surface area (TPSA) is 85.6 Å². The summed E-state index contributed by atoms with van der Waals surface area (Å²) < 4.78 is 12.2. The first-order valence-corrected chi connectivity index (χ1v) is 9.40. The third kappa shape index (κ3) is 3.17. The largest absolute Gasteiger partial charge is 0.502 e. The zero-order chi connectivity index (χ0) is 20.7. The van der Waals surface area contributed by atoms with Crippen LogP contribution in [0.2, 0.25) is 5.02 Å². The van der Waals surface area contributed by atoms with Gasteiger partial charge in [0, 0.05) is 22.9 Å². The molecule has 1 atom stereocenters. The Kier molecular flexibility index (Phi) is 4.84. The van der Waals surface area contributed by atoms with Crippen LogP contribution in [-0.2, 0) is 4.79 Å². The van der Waals surface area contributed by atoms with Crippen molar-refractivity contribution in [3.05, 3.63) is 58.2 Å². The first-order chi connectivity index (χ1) is 13.9. The van der Waals surface area contributed by atoms with Gasteiger partial charge < -0.3 is 19.9 Å². The van der Waals surface area contributed by atoms with E-state index in [1.54, 1.807) is 23.0 Å². The Morgan fingerprint density at radius 2 is 1.93 bits per heavy atom. The van der Waals surface area contributed by atoms with E-state index in [1.165, 1.54) is 14.2 Å². The van der Waals surface area contributed by atoms with Crippen LogP contribution in [0.3, 0.4) is 0 Å². The molecule has 7 nitrogen and oxygen atoms in total. The summed E-state index contributed by atoms with van der Waals surface area (Å²) in [5.74, 6) is 0.687. The second-order valence-corrected chi connectivity index (χ2v) is 7.23. The molecule has 150 valence electrons. The Bertz CT molecular complexity index is 1080. The standard InChI is InChI=1S/C21H20ClN3O4/c1-11-15(22)5-4-6-16(11)25-21-14(10-23-25)13(9-19(26)24-21)12-7-17(28-2)20(27)18(8-12)29-3/h4-8,10,13,27H,9H2,1-3H3,(H,24,26)/t13-/m0/s1. The highest BCUT2D eigenvalue weighted by atomic mass is 35.5. The molecule has 0 saturated carbocycles. The molecule has 0 aliphatic carbocycles. The second kappa shape index (κ2) is 7.33. The number of nitrogens with zero attached hydrogens (tertiary/aromatic N) is 2. The Balaban J connectivity index is 1.86. The van der Waals surface area contributed by atoms with Gasteiger partial charge in [-0.2, -0.15) is 5.10 Å². The monoisotopic (exact) mass is 413 g/mol. The zero-order valence-corrected chi connectivity index (χ0v) is 16.9. The number of carbonyl (C=O) groups excluding carboxylic acids is 1. The van der Waals surface area contributed by atoms with E-state index in [-0.39, 0.29) is 35.5 Å². The van der Waals surface area contributed by atoms with Crippen molar-refractivity contribution in [2.45, 2.75) is 19.3 Å². The maximum atomic E-state index is 12.5. The predicted octanol–water partition coefficient (Wildman–Crippen LogP) is 4.03. The lowest BCUT2D eigenvalue weighted by Gasteiger charge is -2.25. The number of fused-ring (bicyclic) bond motifs is 1. The average Bonchev–Trinajstić information content (AvgIpc) is 3.13. The number of ether oxygens (including phenoxy) is 2. The Labute approximate surface area is 172 Å². The van der Waals surface area contributed by atoms with Crippen molar-refractivity contribution in [3.63, 3.8) is 0 Å². The molecule has 0 saturated heterocycles. The van der Waals surface area contributed by atoms with Gasteiger partial charge in [0.05, 0.1) is 26.1 Å². The number of phenolic OH excluding ortho intramolecular Hbond substituents is 1. The minimum Gasteiger partial charge on any atom is -0.502 e. The van der Waals surface area contributed by atoms with Gasteiger partial charge in [-0.05, 0) is 42.3 Å². The van der Waals surface area contributed by atoms with E-state index in [1.807, 2.05) is 25.1 Å². The molecule has 29 heavy (non-hydrogen) atoms. The maximum absolute atomic E-state index is 12.5. The first-order valence-electron chi connectivity index (χ1n) is 9.02. The van der Waals surface area contributed by atoms with Gasteiger partial charge in [-0.15, -0.1) is 0 Å². The van der Waals surface area contributed by atoms with Crippen LogP contribution in [0.15, 0.2) is 36.5 Å². The highest BCUT2D eigenvalue weighted by Crippen LogP contribution is 2.44. The Morgan fingerprint density at radius 1 is 1.24 bits per heavy atom. The SMILES string of the molecule is COc1cc([C@@H]2CC(=O)Nc3c2cnn3-c2cccc(Cl)c2C)cc(OC)c1O. The molecule has 4 rings (SSSR count). The van der Waals surface area contributed by atoms with Gasteiger partial charge in [0.2, 0.25) is 11.7 Å². The number of halogens is 1. The summed E-state index contributed by atoms with van der Waals surface area (Å²) in [5.41, 5.74) is 3.30. The molecular formula is C21H20ClN3O4. The first kappa shape index (κ1) is 19.1. The van der Waals surface area contributed by atoms with E-state index in [2.05, 4.69) is 10.4 Å². The molecule has 1 amide bonds. The summed E-state index contributed by atoms with van der Waals surface area (Å²) in [6.07, 6.45) is 1.98. The van der Waals surface area contributed by atoms with Crippen molar-refractivity contribution < 1.29 is 19.4 Å². The van der Waals surface area contributed by atoms with Crippen LogP contribution in [0.5, 0.6) is 17.2 Å². The van der Waals surface area contributed by atoms with E-state index >= 15 is 0 Å². The molecule has 8 heteroatoms. The summed E-state index contributed by atoms with van der Waals surface area (Å²) in [7, 11) is 2.94. The smallest absolute Gasteiger partial charge is 0.226 e. The van der Waals surface area contributed by atoms with Gasteiger partial charge in [-0.1, -0.05) is 17.7 Å². The molecule has 3 aromatic rings. The van der Waals surface area contributed by atoms with Crippen molar-refractivity contribution in [1.82, 2.24) is 9.78 Å². The average molecular weight is 414 g/mol. The lowest BCUT2D eigenvalue weighted by Crippen LogP contribution is -2.24. The van der Waals surface area contributed by atoms with Crippen molar-refractivity contribution in [2.24, 2.45) is 0 Å². The van der Waals surface area contributed by atoms with Gasteiger partial charge in [-0.3, -0.25) is 4.79 Å². The predicted molar refractivity (Wildman–Crippen MR) is 110 cm³/mol. The number of nitrogens with one attached hydrogen (secondary N) is 1. The van der Waals surface area contributed by atoms with Crippen LogP contribution in [0.25, 0.3) is 5.69 Å². The summed E-state index contributed by atoms with van der Waals surface area (Å²) in [6.45, 7) is 1.91. The Hall–Kier alpha value is -3.19. The lowest BCUT2D eigenvalue weighted by atomic mass is 9.87. The summed E-state index contributed by atoms with van der Waals surface area (Å²) in [4.78, 5) is 12.5. The third-order valence-corrected chi connectivity index (χ3v) is 5.60. The molecule has 0 radical (unpaired) electrons. The fourth-order valence-corrected chi connectivity index (χ4v) is 3.81. The minimum absolute atomic E-state index is 0.0792. The Morgan fingerprint density at radius 3 is 2.59 bits per heavy atom. The number of methoxy groups -OCH3 is 2. The second-order valence-electron chi connectivity index (χ2n) is 6.82. The lowest BCUT2D eigenvalue weighted by molar-refractivity contribution is -0.116. The summed E-state index contributed by atoms with van der Waals surface area (Å²) in [6, 6.07) is 8.99. The number of hydrogen-bond donors (Lipinski definition) is 2. The van der Waals surface area contributed by atoms with Crippen LogP contribution < -0.4 is 14.8 Å².